The highest BCUT2D eigenvalue weighted by Gasteiger charge is 2.04. The van der Waals surface area contributed by atoms with Gasteiger partial charge in [0.25, 0.3) is 0 Å². The molecule has 0 radical (unpaired) electrons. The van der Waals surface area contributed by atoms with Gasteiger partial charge in [-0.1, -0.05) is 19.1 Å². The molecule has 1 aromatic rings. The quantitative estimate of drug-likeness (QED) is 0.603. The van der Waals surface area contributed by atoms with Gasteiger partial charge in [-0.25, -0.2) is 4.99 Å². The van der Waals surface area contributed by atoms with E-state index in [2.05, 4.69) is 24.0 Å². The van der Waals surface area contributed by atoms with Crippen molar-refractivity contribution in [3.8, 4) is 5.75 Å². The average molecular weight is 263 g/mol. The van der Waals surface area contributed by atoms with E-state index in [0.29, 0.717) is 6.54 Å². The Bertz CT molecular complexity index is 404. The highest BCUT2D eigenvalue weighted by atomic mass is 16.5. The maximum Gasteiger partial charge on any atom is 0.195 e. The van der Waals surface area contributed by atoms with Gasteiger partial charge in [0.15, 0.2) is 5.96 Å². The van der Waals surface area contributed by atoms with Crippen molar-refractivity contribution in [2.75, 3.05) is 34.8 Å². The van der Waals surface area contributed by atoms with Gasteiger partial charge in [-0.15, -0.1) is 0 Å². The van der Waals surface area contributed by atoms with Crippen molar-refractivity contribution in [1.82, 2.24) is 9.80 Å². The molecule has 1 rings (SSSR count). The van der Waals surface area contributed by atoms with Crippen molar-refractivity contribution in [2.24, 2.45) is 4.99 Å². The number of hydrogen-bond donors (Lipinski definition) is 0. The van der Waals surface area contributed by atoms with E-state index in [9.17, 15) is 0 Å². The molecule has 0 amide bonds. The third kappa shape index (κ3) is 5.20. The van der Waals surface area contributed by atoms with E-state index in [1.807, 2.05) is 50.1 Å². The molecule has 0 saturated carbocycles. The van der Waals surface area contributed by atoms with Crippen molar-refractivity contribution in [3.05, 3.63) is 29.8 Å². The molecule has 0 saturated heterocycles. The smallest absolute Gasteiger partial charge is 0.195 e. The Morgan fingerprint density at radius 3 is 2.42 bits per heavy atom. The zero-order chi connectivity index (χ0) is 14.3. The summed E-state index contributed by atoms with van der Waals surface area (Å²) in [5.41, 5.74) is 1.16. The fourth-order valence-corrected chi connectivity index (χ4v) is 1.80. The molecular weight excluding hydrogens is 238 g/mol. The van der Waals surface area contributed by atoms with Crippen molar-refractivity contribution in [3.63, 3.8) is 0 Å². The first-order valence-electron chi connectivity index (χ1n) is 6.65. The monoisotopic (exact) mass is 263 g/mol. The zero-order valence-corrected chi connectivity index (χ0v) is 12.7. The normalized spacial score (nSPS) is 9.95. The van der Waals surface area contributed by atoms with Crippen molar-refractivity contribution < 1.29 is 4.74 Å². The number of rotatable bonds is 5. The lowest BCUT2D eigenvalue weighted by atomic mass is 10.2. The van der Waals surface area contributed by atoms with E-state index < -0.39 is 0 Å². The van der Waals surface area contributed by atoms with E-state index in [0.717, 1.165) is 30.3 Å². The Morgan fingerprint density at radius 2 is 1.84 bits per heavy atom. The number of aliphatic imine (C=N–C) groups is 1. The summed E-state index contributed by atoms with van der Waals surface area (Å²) < 4.78 is 5.63. The van der Waals surface area contributed by atoms with Gasteiger partial charge in [0, 0.05) is 28.2 Å². The Hall–Kier alpha value is -1.71. The lowest BCUT2D eigenvalue weighted by Gasteiger charge is -2.22. The summed E-state index contributed by atoms with van der Waals surface area (Å²) in [7, 11) is 8.00. The van der Waals surface area contributed by atoms with Gasteiger partial charge in [0.2, 0.25) is 0 Å². The molecule has 0 fully saturated rings. The summed E-state index contributed by atoms with van der Waals surface area (Å²) in [4.78, 5) is 8.65. The predicted octanol–water partition coefficient (Wildman–Crippen LogP) is 2.45. The van der Waals surface area contributed by atoms with Gasteiger partial charge >= 0.3 is 0 Å². The van der Waals surface area contributed by atoms with Crippen molar-refractivity contribution in [2.45, 2.75) is 19.9 Å². The third-order valence-electron chi connectivity index (χ3n) is 2.57. The Balaban J connectivity index is 2.73. The molecule has 106 valence electrons. The molecule has 19 heavy (non-hydrogen) atoms. The van der Waals surface area contributed by atoms with E-state index in [-0.39, 0.29) is 0 Å². The molecule has 0 heterocycles. The molecule has 4 heteroatoms. The number of benzene rings is 1. The molecule has 1 aromatic carbocycles. The summed E-state index contributed by atoms with van der Waals surface area (Å²) in [6, 6.07) is 8.13. The highest BCUT2D eigenvalue weighted by molar-refractivity contribution is 5.79. The van der Waals surface area contributed by atoms with Crippen LogP contribution in [0.25, 0.3) is 0 Å². The van der Waals surface area contributed by atoms with Crippen molar-refractivity contribution >= 4 is 5.96 Å². The number of hydrogen-bond acceptors (Lipinski definition) is 2. The SMILES string of the molecule is CCCOc1cccc(CN=C(N(C)C)N(C)C)c1. The van der Waals surface area contributed by atoms with Crippen LogP contribution in [0.2, 0.25) is 0 Å². The van der Waals surface area contributed by atoms with E-state index in [1.165, 1.54) is 0 Å². The van der Waals surface area contributed by atoms with Gasteiger partial charge < -0.3 is 14.5 Å². The first kappa shape index (κ1) is 15.3. The molecule has 0 aliphatic carbocycles. The van der Waals surface area contributed by atoms with Crippen molar-refractivity contribution in [1.29, 1.82) is 0 Å². The molecule has 0 spiro atoms. The predicted molar refractivity (Wildman–Crippen MR) is 80.7 cm³/mol. The molecule has 0 aliphatic rings. The Labute approximate surface area is 116 Å². The van der Waals surface area contributed by atoms with Gasteiger partial charge in [-0.2, -0.15) is 0 Å². The maximum atomic E-state index is 5.63. The second-order valence-electron chi connectivity index (χ2n) is 4.90. The minimum atomic E-state index is 0.662. The molecular formula is C15H25N3O. The van der Waals surface area contributed by atoms with Crippen LogP contribution in [-0.2, 0) is 6.54 Å². The van der Waals surface area contributed by atoms with E-state index >= 15 is 0 Å². The molecule has 0 bridgehead atoms. The van der Waals surface area contributed by atoms with E-state index in [1.54, 1.807) is 0 Å². The standard InChI is InChI=1S/C15H25N3O/c1-6-10-19-14-9-7-8-13(11-14)12-16-15(17(2)3)18(4)5/h7-9,11H,6,10,12H2,1-5H3. The fourth-order valence-electron chi connectivity index (χ4n) is 1.80. The summed E-state index contributed by atoms with van der Waals surface area (Å²) >= 11 is 0. The summed E-state index contributed by atoms with van der Waals surface area (Å²) in [6.45, 7) is 3.52. The number of ether oxygens (including phenoxy) is 1. The zero-order valence-electron chi connectivity index (χ0n) is 12.7. The van der Waals surface area contributed by atoms with Gasteiger partial charge in [-0.05, 0) is 24.1 Å². The van der Waals surface area contributed by atoms with Crippen LogP contribution in [0.3, 0.4) is 0 Å². The van der Waals surface area contributed by atoms with Gasteiger partial charge in [0.1, 0.15) is 5.75 Å². The lowest BCUT2D eigenvalue weighted by molar-refractivity contribution is 0.317. The summed E-state index contributed by atoms with van der Waals surface area (Å²) in [5, 5.41) is 0. The molecule has 0 atom stereocenters. The molecule has 0 aliphatic heterocycles. The molecule has 0 N–H and O–H groups in total. The van der Waals surface area contributed by atoms with Crippen LogP contribution in [0, 0.1) is 0 Å². The van der Waals surface area contributed by atoms with E-state index in [4.69, 9.17) is 4.74 Å². The van der Waals surface area contributed by atoms with Crippen LogP contribution in [-0.4, -0.2) is 50.6 Å². The van der Waals surface area contributed by atoms with Crippen LogP contribution in [0.5, 0.6) is 5.75 Å². The average Bonchev–Trinajstić information content (AvgIpc) is 2.36. The molecule has 0 unspecified atom stereocenters. The van der Waals surface area contributed by atoms with Gasteiger partial charge in [-0.3, -0.25) is 0 Å². The fraction of sp³-hybridized carbons (Fsp3) is 0.533. The van der Waals surface area contributed by atoms with Crippen LogP contribution in [0.4, 0.5) is 0 Å². The summed E-state index contributed by atoms with van der Waals surface area (Å²) in [6.07, 6.45) is 1.02. The third-order valence-corrected chi connectivity index (χ3v) is 2.57. The topological polar surface area (TPSA) is 28.1 Å². The first-order valence-corrected chi connectivity index (χ1v) is 6.65. The maximum absolute atomic E-state index is 5.63. The second kappa shape index (κ2) is 7.67. The second-order valence-corrected chi connectivity index (χ2v) is 4.90. The molecule has 4 nitrogen and oxygen atoms in total. The van der Waals surface area contributed by atoms with Crippen LogP contribution in [0.1, 0.15) is 18.9 Å². The Kier molecular flexibility index (Phi) is 6.19. The molecule has 0 aromatic heterocycles. The summed E-state index contributed by atoms with van der Waals surface area (Å²) in [5.74, 6) is 1.88. The minimum absolute atomic E-state index is 0.662. The minimum Gasteiger partial charge on any atom is -0.494 e. The lowest BCUT2D eigenvalue weighted by Crippen LogP contribution is -2.35. The van der Waals surface area contributed by atoms with Crippen LogP contribution in [0.15, 0.2) is 29.3 Å². The van der Waals surface area contributed by atoms with Crippen LogP contribution < -0.4 is 4.74 Å². The number of guanidine groups is 1. The highest BCUT2D eigenvalue weighted by Crippen LogP contribution is 2.14. The number of nitrogens with zero attached hydrogens (tertiary/aromatic N) is 3. The first-order chi connectivity index (χ1) is 9.04. The van der Waals surface area contributed by atoms with Crippen LogP contribution >= 0.6 is 0 Å². The Morgan fingerprint density at radius 1 is 1.16 bits per heavy atom. The largest absolute Gasteiger partial charge is 0.494 e. The van der Waals surface area contributed by atoms with Gasteiger partial charge in [0.05, 0.1) is 13.2 Å².